The molecule has 0 aliphatic rings. The van der Waals surface area contributed by atoms with Gasteiger partial charge < -0.3 is 5.32 Å². The fraction of sp³-hybridized carbons (Fsp3) is 0.278. The summed E-state index contributed by atoms with van der Waals surface area (Å²) in [7, 11) is 0. The van der Waals surface area contributed by atoms with E-state index in [0.717, 1.165) is 28.6 Å². The number of amides is 1. The van der Waals surface area contributed by atoms with Crippen molar-refractivity contribution in [2.45, 2.75) is 33.2 Å². The van der Waals surface area contributed by atoms with Crippen molar-refractivity contribution in [3.05, 3.63) is 57.7 Å². The topological polar surface area (TPSA) is 54.9 Å². The van der Waals surface area contributed by atoms with Crippen LogP contribution < -0.4 is 5.32 Å². The second-order valence-electron chi connectivity index (χ2n) is 5.83. The number of benzene rings is 1. The average Bonchev–Trinajstić information content (AvgIpc) is 3.00. The maximum atomic E-state index is 12.7. The van der Waals surface area contributed by atoms with Gasteiger partial charge in [0.05, 0.1) is 16.6 Å². The fourth-order valence-corrected chi connectivity index (χ4v) is 3.43. The fourth-order valence-electron chi connectivity index (χ4n) is 2.71. The van der Waals surface area contributed by atoms with Crippen LogP contribution in [0.25, 0.3) is 10.9 Å². The Balaban J connectivity index is 1.87. The van der Waals surface area contributed by atoms with Crippen LogP contribution in [0, 0.1) is 13.8 Å². The molecule has 0 aliphatic heterocycles. The highest BCUT2D eigenvalue weighted by Crippen LogP contribution is 2.21. The van der Waals surface area contributed by atoms with E-state index in [-0.39, 0.29) is 11.9 Å². The SMILES string of the molecule is Cc1cc(C(=O)N[C@@H](C)Cc2cncs2)c2cccc(C)c2n1. The minimum atomic E-state index is -0.0527. The molecule has 5 heteroatoms. The summed E-state index contributed by atoms with van der Waals surface area (Å²) in [5, 5.41) is 3.99. The van der Waals surface area contributed by atoms with Crippen LogP contribution in [-0.2, 0) is 6.42 Å². The van der Waals surface area contributed by atoms with Crippen molar-refractivity contribution in [1.82, 2.24) is 15.3 Å². The van der Waals surface area contributed by atoms with Crippen LogP contribution in [0.3, 0.4) is 0 Å². The highest BCUT2D eigenvalue weighted by atomic mass is 32.1. The van der Waals surface area contributed by atoms with Gasteiger partial charge in [-0.15, -0.1) is 11.3 Å². The molecule has 0 radical (unpaired) electrons. The normalized spacial score (nSPS) is 12.3. The molecule has 4 nitrogen and oxygen atoms in total. The van der Waals surface area contributed by atoms with Crippen molar-refractivity contribution >= 4 is 28.1 Å². The van der Waals surface area contributed by atoms with Gasteiger partial charge in [-0.25, -0.2) is 0 Å². The van der Waals surface area contributed by atoms with E-state index >= 15 is 0 Å². The summed E-state index contributed by atoms with van der Waals surface area (Å²) in [6.45, 7) is 5.95. The Labute approximate surface area is 139 Å². The summed E-state index contributed by atoms with van der Waals surface area (Å²) in [5.74, 6) is -0.0527. The highest BCUT2D eigenvalue weighted by Gasteiger charge is 2.15. The van der Waals surface area contributed by atoms with Gasteiger partial charge in [0.15, 0.2) is 0 Å². The summed E-state index contributed by atoms with van der Waals surface area (Å²) in [6.07, 6.45) is 2.64. The van der Waals surface area contributed by atoms with Crippen molar-refractivity contribution in [2.75, 3.05) is 0 Å². The van der Waals surface area contributed by atoms with E-state index < -0.39 is 0 Å². The Hall–Kier alpha value is -2.27. The summed E-state index contributed by atoms with van der Waals surface area (Å²) in [6, 6.07) is 7.85. The van der Waals surface area contributed by atoms with Crippen LogP contribution >= 0.6 is 11.3 Å². The number of hydrogen-bond acceptors (Lipinski definition) is 4. The summed E-state index contributed by atoms with van der Waals surface area (Å²) >= 11 is 1.61. The van der Waals surface area contributed by atoms with Crippen LogP contribution in [0.1, 0.15) is 33.4 Å². The van der Waals surface area contributed by atoms with Crippen LogP contribution in [0.5, 0.6) is 0 Å². The molecule has 0 fully saturated rings. The van der Waals surface area contributed by atoms with Gasteiger partial charge in [-0.05, 0) is 32.4 Å². The first-order valence-electron chi connectivity index (χ1n) is 7.60. The number of nitrogens with one attached hydrogen (secondary N) is 1. The highest BCUT2D eigenvalue weighted by molar-refractivity contribution is 7.09. The Kier molecular flexibility index (Phi) is 4.39. The molecule has 0 bridgehead atoms. The number of pyridine rings is 1. The van der Waals surface area contributed by atoms with Crippen LogP contribution in [-0.4, -0.2) is 21.9 Å². The number of aromatic nitrogens is 2. The van der Waals surface area contributed by atoms with Gasteiger partial charge >= 0.3 is 0 Å². The van der Waals surface area contributed by atoms with Crippen molar-refractivity contribution in [1.29, 1.82) is 0 Å². The molecule has 3 aromatic rings. The van der Waals surface area contributed by atoms with Crippen molar-refractivity contribution < 1.29 is 4.79 Å². The van der Waals surface area contributed by atoms with Crippen molar-refractivity contribution in [3.63, 3.8) is 0 Å². The number of nitrogens with zero attached hydrogens (tertiary/aromatic N) is 2. The Morgan fingerprint density at radius 1 is 1.35 bits per heavy atom. The zero-order valence-electron chi connectivity index (χ0n) is 13.5. The smallest absolute Gasteiger partial charge is 0.252 e. The third-order valence-electron chi connectivity index (χ3n) is 3.78. The Morgan fingerprint density at radius 3 is 2.91 bits per heavy atom. The van der Waals surface area contributed by atoms with E-state index in [9.17, 15) is 4.79 Å². The van der Waals surface area contributed by atoms with Gasteiger partial charge in [-0.1, -0.05) is 18.2 Å². The third kappa shape index (κ3) is 3.40. The summed E-state index contributed by atoms with van der Waals surface area (Å²) in [4.78, 5) is 22.5. The van der Waals surface area contributed by atoms with Crippen LogP contribution in [0.15, 0.2) is 36.0 Å². The first-order valence-corrected chi connectivity index (χ1v) is 8.48. The van der Waals surface area contributed by atoms with E-state index in [1.165, 1.54) is 4.88 Å². The molecule has 23 heavy (non-hydrogen) atoms. The van der Waals surface area contributed by atoms with Gasteiger partial charge in [0.1, 0.15) is 0 Å². The monoisotopic (exact) mass is 325 g/mol. The average molecular weight is 325 g/mol. The third-order valence-corrected chi connectivity index (χ3v) is 4.58. The molecule has 0 saturated heterocycles. The molecule has 2 heterocycles. The summed E-state index contributed by atoms with van der Waals surface area (Å²) in [5.41, 5.74) is 5.33. The quantitative estimate of drug-likeness (QED) is 0.796. The van der Waals surface area contributed by atoms with Crippen molar-refractivity contribution in [3.8, 4) is 0 Å². The number of carbonyl (C=O) groups excluding carboxylic acids is 1. The molecule has 0 aliphatic carbocycles. The maximum Gasteiger partial charge on any atom is 0.252 e. The molecule has 118 valence electrons. The van der Waals surface area contributed by atoms with Gasteiger partial charge in [-0.2, -0.15) is 0 Å². The lowest BCUT2D eigenvalue weighted by molar-refractivity contribution is 0.0941. The molecule has 3 rings (SSSR count). The van der Waals surface area contributed by atoms with Gasteiger partial charge in [-0.3, -0.25) is 14.8 Å². The maximum absolute atomic E-state index is 12.7. The van der Waals surface area contributed by atoms with E-state index in [4.69, 9.17) is 0 Å². The lowest BCUT2D eigenvalue weighted by Crippen LogP contribution is -2.34. The van der Waals surface area contributed by atoms with Gasteiger partial charge in [0.2, 0.25) is 0 Å². The first kappa shape index (κ1) is 15.6. The van der Waals surface area contributed by atoms with Crippen LogP contribution in [0.4, 0.5) is 0 Å². The van der Waals surface area contributed by atoms with E-state index in [1.807, 2.05) is 56.7 Å². The molecule has 1 N–H and O–H groups in total. The lowest BCUT2D eigenvalue weighted by Gasteiger charge is -2.15. The first-order chi connectivity index (χ1) is 11.0. The molecule has 0 spiro atoms. The molecule has 1 atom stereocenters. The largest absolute Gasteiger partial charge is 0.349 e. The predicted octanol–water partition coefficient (Wildman–Crippen LogP) is 3.67. The zero-order chi connectivity index (χ0) is 16.4. The molecule has 1 amide bonds. The summed E-state index contributed by atoms with van der Waals surface area (Å²) < 4.78 is 0. The Morgan fingerprint density at radius 2 is 2.17 bits per heavy atom. The molecule has 1 aromatic carbocycles. The van der Waals surface area contributed by atoms with Gasteiger partial charge in [0, 0.05) is 34.6 Å². The number of fused-ring (bicyclic) bond motifs is 1. The number of hydrogen-bond donors (Lipinski definition) is 1. The Bertz CT molecular complexity index is 843. The zero-order valence-corrected chi connectivity index (χ0v) is 14.3. The lowest BCUT2D eigenvalue weighted by atomic mass is 10.0. The molecular formula is C18H19N3OS. The molecule has 0 saturated carbocycles. The number of aryl methyl sites for hydroxylation is 2. The standard InChI is InChI=1S/C18H19N3OS/c1-11-5-4-6-15-16(8-13(3)20-17(11)15)18(22)21-12(2)7-14-9-19-10-23-14/h4-6,8-10,12H,7H2,1-3H3,(H,21,22)/t12-/m0/s1. The molecule has 0 unspecified atom stereocenters. The minimum absolute atomic E-state index is 0.0521. The van der Waals surface area contributed by atoms with E-state index in [2.05, 4.69) is 15.3 Å². The van der Waals surface area contributed by atoms with Gasteiger partial charge in [0.25, 0.3) is 5.91 Å². The number of para-hydroxylation sites is 1. The molecule has 2 aromatic heterocycles. The minimum Gasteiger partial charge on any atom is -0.349 e. The molecular weight excluding hydrogens is 306 g/mol. The predicted molar refractivity (Wildman–Crippen MR) is 94.0 cm³/mol. The van der Waals surface area contributed by atoms with E-state index in [1.54, 1.807) is 11.3 Å². The number of rotatable bonds is 4. The van der Waals surface area contributed by atoms with Crippen molar-refractivity contribution in [2.24, 2.45) is 0 Å². The number of thiazole rings is 1. The second kappa shape index (κ2) is 6.46. The number of carbonyl (C=O) groups is 1. The second-order valence-corrected chi connectivity index (χ2v) is 6.80. The van der Waals surface area contributed by atoms with E-state index in [0.29, 0.717) is 5.56 Å². The van der Waals surface area contributed by atoms with Crippen LogP contribution in [0.2, 0.25) is 0 Å².